The van der Waals surface area contributed by atoms with E-state index in [-0.39, 0.29) is 12.0 Å². The highest BCUT2D eigenvalue weighted by molar-refractivity contribution is 6.39. The van der Waals surface area contributed by atoms with Gasteiger partial charge in [-0.1, -0.05) is 32.0 Å². The molecular formula is C17H24N2O3. The summed E-state index contributed by atoms with van der Waals surface area (Å²) in [6, 6.07) is 5.85. The standard InChI is InChI=1S/C17H24N2O3/c1-11(2)14-8-4-6-12(3)15(14)19-17(21)16(20)18-10-13-7-5-9-22-13/h4,6,8,11,13H,5,7,9-10H2,1-3H3,(H,18,20)(H,19,21). The lowest BCUT2D eigenvalue weighted by atomic mass is 9.98. The zero-order chi connectivity index (χ0) is 16.1. The Hall–Kier alpha value is -1.88. The Bertz CT molecular complexity index is 549. The predicted molar refractivity (Wildman–Crippen MR) is 85.9 cm³/mol. The second-order valence-electron chi connectivity index (χ2n) is 5.99. The predicted octanol–water partition coefficient (Wildman–Crippen LogP) is 2.35. The molecule has 0 spiro atoms. The molecule has 1 fully saturated rings. The Balaban J connectivity index is 1.97. The maximum absolute atomic E-state index is 12.1. The van der Waals surface area contributed by atoms with Crippen LogP contribution in [0.4, 0.5) is 5.69 Å². The van der Waals surface area contributed by atoms with Gasteiger partial charge in [-0.25, -0.2) is 0 Å². The van der Waals surface area contributed by atoms with Crippen LogP contribution >= 0.6 is 0 Å². The van der Waals surface area contributed by atoms with Crippen LogP contribution in [0.25, 0.3) is 0 Å². The average molecular weight is 304 g/mol. The van der Waals surface area contributed by atoms with Gasteiger partial charge in [-0.3, -0.25) is 9.59 Å². The highest BCUT2D eigenvalue weighted by atomic mass is 16.5. The Morgan fingerprint density at radius 2 is 2.09 bits per heavy atom. The van der Waals surface area contributed by atoms with Crippen LogP contribution in [-0.4, -0.2) is 31.1 Å². The van der Waals surface area contributed by atoms with Crippen molar-refractivity contribution < 1.29 is 14.3 Å². The summed E-state index contributed by atoms with van der Waals surface area (Å²) < 4.78 is 5.42. The number of anilines is 1. The molecule has 1 aliphatic heterocycles. The highest BCUT2D eigenvalue weighted by Gasteiger charge is 2.20. The van der Waals surface area contributed by atoms with Crippen LogP contribution in [0.5, 0.6) is 0 Å². The van der Waals surface area contributed by atoms with Crippen LogP contribution in [0.1, 0.15) is 43.7 Å². The maximum atomic E-state index is 12.1. The molecule has 1 heterocycles. The van der Waals surface area contributed by atoms with Crippen LogP contribution in [0.15, 0.2) is 18.2 Å². The molecule has 1 aromatic rings. The number of amides is 2. The number of nitrogens with one attached hydrogen (secondary N) is 2. The normalized spacial score (nSPS) is 17.5. The molecule has 0 bridgehead atoms. The van der Waals surface area contributed by atoms with E-state index >= 15 is 0 Å². The third kappa shape index (κ3) is 4.07. The molecule has 0 radical (unpaired) electrons. The molecule has 1 aliphatic rings. The Kier molecular flexibility index (Phi) is 5.55. The van der Waals surface area contributed by atoms with Crippen LogP contribution in [0.3, 0.4) is 0 Å². The van der Waals surface area contributed by atoms with Crippen molar-refractivity contribution in [1.29, 1.82) is 0 Å². The monoisotopic (exact) mass is 304 g/mol. The van der Waals surface area contributed by atoms with Crippen molar-refractivity contribution in [2.24, 2.45) is 0 Å². The summed E-state index contributed by atoms with van der Waals surface area (Å²) in [5.41, 5.74) is 2.71. The van der Waals surface area contributed by atoms with Gasteiger partial charge in [0.05, 0.1) is 6.10 Å². The van der Waals surface area contributed by atoms with Crippen molar-refractivity contribution >= 4 is 17.5 Å². The first kappa shape index (κ1) is 16.5. The fourth-order valence-corrected chi connectivity index (χ4v) is 2.60. The summed E-state index contributed by atoms with van der Waals surface area (Å²) in [5.74, 6) is -0.979. The molecule has 0 saturated carbocycles. The van der Waals surface area contributed by atoms with Gasteiger partial charge in [-0.15, -0.1) is 0 Å². The number of ether oxygens (including phenoxy) is 1. The van der Waals surface area contributed by atoms with Gasteiger partial charge in [-0.2, -0.15) is 0 Å². The summed E-state index contributed by atoms with van der Waals surface area (Å²) in [4.78, 5) is 24.0. The van der Waals surface area contributed by atoms with Gasteiger partial charge >= 0.3 is 11.8 Å². The van der Waals surface area contributed by atoms with Crippen LogP contribution in [0.2, 0.25) is 0 Å². The SMILES string of the molecule is Cc1cccc(C(C)C)c1NC(=O)C(=O)NCC1CCCO1. The van der Waals surface area contributed by atoms with E-state index in [1.54, 1.807) is 0 Å². The molecule has 0 aromatic heterocycles. The number of carbonyl (C=O) groups is 2. The van der Waals surface area contributed by atoms with Crippen molar-refractivity contribution in [3.63, 3.8) is 0 Å². The Labute approximate surface area is 131 Å². The first-order valence-corrected chi connectivity index (χ1v) is 7.79. The summed E-state index contributed by atoms with van der Waals surface area (Å²) >= 11 is 0. The topological polar surface area (TPSA) is 67.4 Å². The van der Waals surface area contributed by atoms with E-state index in [4.69, 9.17) is 4.74 Å². The number of benzene rings is 1. The van der Waals surface area contributed by atoms with E-state index in [1.165, 1.54) is 0 Å². The molecule has 2 amide bonds. The number of carbonyl (C=O) groups excluding carboxylic acids is 2. The molecular weight excluding hydrogens is 280 g/mol. The number of para-hydroxylation sites is 1. The largest absolute Gasteiger partial charge is 0.376 e. The molecule has 120 valence electrons. The van der Waals surface area contributed by atoms with Gasteiger partial charge < -0.3 is 15.4 Å². The summed E-state index contributed by atoms with van der Waals surface area (Å²) in [6.07, 6.45) is 1.96. The van der Waals surface area contributed by atoms with Gasteiger partial charge in [0.2, 0.25) is 0 Å². The molecule has 0 aliphatic carbocycles. The average Bonchev–Trinajstić information content (AvgIpc) is 2.99. The minimum Gasteiger partial charge on any atom is -0.376 e. The Morgan fingerprint density at radius 1 is 1.32 bits per heavy atom. The minimum absolute atomic E-state index is 0.0291. The minimum atomic E-state index is -0.630. The number of hydrogen-bond donors (Lipinski definition) is 2. The van der Waals surface area contributed by atoms with Gasteiger partial charge in [0.1, 0.15) is 0 Å². The molecule has 22 heavy (non-hydrogen) atoms. The summed E-state index contributed by atoms with van der Waals surface area (Å²) in [6.45, 7) is 7.15. The lowest BCUT2D eigenvalue weighted by Gasteiger charge is -2.16. The number of hydrogen-bond acceptors (Lipinski definition) is 3. The van der Waals surface area contributed by atoms with Gasteiger partial charge in [-0.05, 0) is 36.8 Å². The first-order valence-electron chi connectivity index (χ1n) is 7.79. The Morgan fingerprint density at radius 3 is 2.73 bits per heavy atom. The zero-order valence-electron chi connectivity index (χ0n) is 13.4. The van der Waals surface area contributed by atoms with E-state index in [0.717, 1.165) is 36.3 Å². The van der Waals surface area contributed by atoms with Gasteiger partial charge in [0, 0.05) is 18.8 Å². The van der Waals surface area contributed by atoms with E-state index < -0.39 is 11.8 Å². The number of rotatable bonds is 4. The molecule has 2 N–H and O–H groups in total. The second kappa shape index (κ2) is 7.40. The number of aryl methyl sites for hydroxylation is 1. The molecule has 1 aromatic carbocycles. The van der Waals surface area contributed by atoms with Crippen molar-refractivity contribution in [3.05, 3.63) is 29.3 Å². The zero-order valence-corrected chi connectivity index (χ0v) is 13.4. The van der Waals surface area contributed by atoms with Crippen molar-refractivity contribution in [2.75, 3.05) is 18.5 Å². The van der Waals surface area contributed by atoms with E-state index in [2.05, 4.69) is 24.5 Å². The smallest absolute Gasteiger partial charge is 0.313 e. The molecule has 1 saturated heterocycles. The van der Waals surface area contributed by atoms with Crippen LogP contribution in [0, 0.1) is 6.92 Å². The quantitative estimate of drug-likeness (QED) is 0.839. The molecule has 5 nitrogen and oxygen atoms in total. The molecule has 1 unspecified atom stereocenters. The first-order chi connectivity index (χ1) is 10.5. The van der Waals surface area contributed by atoms with Gasteiger partial charge in [0.25, 0.3) is 0 Å². The van der Waals surface area contributed by atoms with Crippen LogP contribution in [-0.2, 0) is 14.3 Å². The van der Waals surface area contributed by atoms with Gasteiger partial charge in [0.15, 0.2) is 0 Å². The third-order valence-electron chi connectivity index (χ3n) is 3.89. The van der Waals surface area contributed by atoms with Crippen molar-refractivity contribution in [3.8, 4) is 0 Å². The van der Waals surface area contributed by atoms with Crippen LogP contribution < -0.4 is 10.6 Å². The maximum Gasteiger partial charge on any atom is 0.313 e. The molecule has 5 heteroatoms. The second-order valence-corrected chi connectivity index (χ2v) is 5.99. The summed E-state index contributed by atoms with van der Waals surface area (Å²) in [5, 5.41) is 5.38. The van der Waals surface area contributed by atoms with E-state index in [0.29, 0.717) is 6.54 Å². The van der Waals surface area contributed by atoms with Crippen molar-refractivity contribution in [2.45, 2.75) is 45.6 Å². The fraction of sp³-hybridized carbons (Fsp3) is 0.529. The molecule has 2 rings (SSSR count). The highest BCUT2D eigenvalue weighted by Crippen LogP contribution is 2.27. The van der Waals surface area contributed by atoms with E-state index in [1.807, 2.05) is 25.1 Å². The summed E-state index contributed by atoms with van der Waals surface area (Å²) in [7, 11) is 0. The van der Waals surface area contributed by atoms with E-state index in [9.17, 15) is 9.59 Å². The fourth-order valence-electron chi connectivity index (χ4n) is 2.60. The lowest BCUT2D eigenvalue weighted by Crippen LogP contribution is -2.39. The van der Waals surface area contributed by atoms with Crippen molar-refractivity contribution in [1.82, 2.24) is 5.32 Å². The third-order valence-corrected chi connectivity index (χ3v) is 3.89. The molecule has 1 atom stereocenters. The lowest BCUT2D eigenvalue weighted by molar-refractivity contribution is -0.136.